The van der Waals surface area contributed by atoms with Gasteiger partial charge >= 0.3 is 0 Å². The first-order valence-electron chi connectivity index (χ1n) is 7.10. The molecule has 1 fully saturated rings. The number of rotatable bonds is 3. The molecular formula is C16H24BrN. The van der Waals surface area contributed by atoms with Gasteiger partial charge in [-0.3, -0.25) is 0 Å². The Morgan fingerprint density at radius 3 is 2.39 bits per heavy atom. The van der Waals surface area contributed by atoms with E-state index >= 15 is 0 Å². The SMILES string of the molecule is CC1CCCC(C)C1N[C@@H](C)c1ccccc1Br. The number of benzene rings is 1. The molecule has 2 heteroatoms. The molecule has 0 amide bonds. The molecule has 0 heterocycles. The van der Waals surface area contributed by atoms with E-state index in [0.717, 1.165) is 11.8 Å². The van der Waals surface area contributed by atoms with Crippen molar-refractivity contribution >= 4 is 15.9 Å². The van der Waals surface area contributed by atoms with E-state index in [-0.39, 0.29) is 0 Å². The Bertz CT molecular complexity index is 380. The number of hydrogen-bond donors (Lipinski definition) is 1. The molecule has 1 aliphatic rings. The Morgan fingerprint density at radius 2 is 1.78 bits per heavy atom. The summed E-state index contributed by atoms with van der Waals surface area (Å²) in [5, 5.41) is 3.85. The van der Waals surface area contributed by atoms with Crippen LogP contribution in [0, 0.1) is 11.8 Å². The molecule has 1 N–H and O–H groups in total. The van der Waals surface area contributed by atoms with Crippen LogP contribution in [0.1, 0.15) is 51.6 Å². The van der Waals surface area contributed by atoms with Crippen molar-refractivity contribution in [2.75, 3.05) is 0 Å². The van der Waals surface area contributed by atoms with E-state index in [1.807, 2.05) is 0 Å². The lowest BCUT2D eigenvalue weighted by molar-refractivity contribution is 0.196. The topological polar surface area (TPSA) is 12.0 Å². The highest BCUT2D eigenvalue weighted by atomic mass is 79.9. The van der Waals surface area contributed by atoms with Gasteiger partial charge in [0.25, 0.3) is 0 Å². The largest absolute Gasteiger partial charge is 0.307 e. The van der Waals surface area contributed by atoms with Gasteiger partial charge in [0, 0.05) is 16.6 Å². The van der Waals surface area contributed by atoms with Crippen LogP contribution in [-0.2, 0) is 0 Å². The van der Waals surface area contributed by atoms with Gasteiger partial charge in [0.1, 0.15) is 0 Å². The normalized spacial score (nSPS) is 30.1. The number of nitrogens with one attached hydrogen (secondary N) is 1. The lowest BCUT2D eigenvalue weighted by Crippen LogP contribution is -2.43. The van der Waals surface area contributed by atoms with Crippen LogP contribution < -0.4 is 5.32 Å². The molecule has 18 heavy (non-hydrogen) atoms. The summed E-state index contributed by atoms with van der Waals surface area (Å²) in [6, 6.07) is 9.59. The predicted molar refractivity (Wildman–Crippen MR) is 81.7 cm³/mol. The van der Waals surface area contributed by atoms with Crippen LogP contribution in [0.15, 0.2) is 28.7 Å². The van der Waals surface area contributed by atoms with E-state index in [0.29, 0.717) is 12.1 Å². The Kier molecular flexibility index (Phi) is 4.85. The third-order valence-corrected chi connectivity index (χ3v) is 5.08. The van der Waals surface area contributed by atoms with Gasteiger partial charge < -0.3 is 5.32 Å². The van der Waals surface area contributed by atoms with E-state index in [1.54, 1.807) is 0 Å². The van der Waals surface area contributed by atoms with Crippen LogP contribution >= 0.6 is 15.9 Å². The summed E-state index contributed by atoms with van der Waals surface area (Å²) in [7, 11) is 0. The maximum atomic E-state index is 3.85. The average molecular weight is 310 g/mol. The highest BCUT2D eigenvalue weighted by Gasteiger charge is 2.28. The summed E-state index contributed by atoms with van der Waals surface area (Å²) in [5.74, 6) is 1.58. The van der Waals surface area contributed by atoms with Crippen molar-refractivity contribution in [2.45, 2.75) is 52.1 Å². The summed E-state index contributed by atoms with van der Waals surface area (Å²) in [5.41, 5.74) is 1.36. The van der Waals surface area contributed by atoms with Crippen LogP contribution in [0.25, 0.3) is 0 Å². The zero-order valence-corrected chi connectivity index (χ0v) is 13.2. The van der Waals surface area contributed by atoms with Gasteiger partial charge in [-0.15, -0.1) is 0 Å². The second kappa shape index (κ2) is 6.21. The van der Waals surface area contributed by atoms with E-state index in [1.165, 1.54) is 29.3 Å². The minimum atomic E-state index is 0.411. The third-order valence-electron chi connectivity index (χ3n) is 4.36. The summed E-state index contributed by atoms with van der Waals surface area (Å²) in [6.45, 7) is 7.05. The zero-order chi connectivity index (χ0) is 13.1. The molecule has 0 radical (unpaired) electrons. The van der Waals surface area contributed by atoms with Gasteiger partial charge in [0.2, 0.25) is 0 Å². The molecule has 0 aromatic heterocycles. The third kappa shape index (κ3) is 3.16. The minimum Gasteiger partial charge on any atom is -0.307 e. The zero-order valence-electron chi connectivity index (χ0n) is 11.6. The van der Waals surface area contributed by atoms with Gasteiger partial charge in [0.05, 0.1) is 0 Å². The molecule has 1 aromatic rings. The highest BCUT2D eigenvalue weighted by molar-refractivity contribution is 9.10. The van der Waals surface area contributed by atoms with Gasteiger partial charge in [-0.1, -0.05) is 54.4 Å². The highest BCUT2D eigenvalue weighted by Crippen LogP contribution is 2.31. The summed E-state index contributed by atoms with van der Waals surface area (Å²) >= 11 is 3.65. The van der Waals surface area contributed by atoms with Crippen molar-refractivity contribution in [1.29, 1.82) is 0 Å². The maximum absolute atomic E-state index is 3.85. The Morgan fingerprint density at radius 1 is 1.17 bits per heavy atom. The Hall–Kier alpha value is -0.340. The number of halogens is 1. The molecule has 3 atom stereocenters. The summed E-state index contributed by atoms with van der Waals surface area (Å²) < 4.78 is 1.21. The monoisotopic (exact) mass is 309 g/mol. The quantitative estimate of drug-likeness (QED) is 0.835. The smallest absolute Gasteiger partial charge is 0.0305 e. The van der Waals surface area contributed by atoms with Crippen LogP contribution in [0.3, 0.4) is 0 Å². The van der Waals surface area contributed by atoms with Crippen LogP contribution in [0.5, 0.6) is 0 Å². The van der Waals surface area contributed by atoms with Crippen molar-refractivity contribution in [3.05, 3.63) is 34.3 Å². The van der Waals surface area contributed by atoms with E-state index in [4.69, 9.17) is 0 Å². The predicted octanol–water partition coefficient (Wildman–Crippen LogP) is 4.92. The second-order valence-corrected chi connectivity index (χ2v) is 6.68. The average Bonchev–Trinajstić information content (AvgIpc) is 2.34. The molecule has 1 saturated carbocycles. The van der Waals surface area contributed by atoms with E-state index in [2.05, 4.69) is 66.3 Å². The second-order valence-electron chi connectivity index (χ2n) is 5.82. The molecule has 2 rings (SSSR count). The molecule has 1 nitrogen and oxygen atoms in total. The Balaban J connectivity index is 2.06. The fraction of sp³-hybridized carbons (Fsp3) is 0.625. The number of hydrogen-bond acceptors (Lipinski definition) is 1. The first-order chi connectivity index (χ1) is 8.59. The van der Waals surface area contributed by atoms with Crippen molar-refractivity contribution in [1.82, 2.24) is 5.32 Å². The molecule has 1 aliphatic carbocycles. The van der Waals surface area contributed by atoms with Crippen molar-refractivity contribution < 1.29 is 0 Å². The molecule has 2 unspecified atom stereocenters. The van der Waals surface area contributed by atoms with E-state index < -0.39 is 0 Å². The van der Waals surface area contributed by atoms with Gasteiger partial charge in [0.15, 0.2) is 0 Å². The van der Waals surface area contributed by atoms with Crippen molar-refractivity contribution in [2.24, 2.45) is 11.8 Å². The van der Waals surface area contributed by atoms with Crippen LogP contribution in [0.4, 0.5) is 0 Å². The molecule has 0 spiro atoms. The minimum absolute atomic E-state index is 0.411. The van der Waals surface area contributed by atoms with Crippen LogP contribution in [0.2, 0.25) is 0 Å². The van der Waals surface area contributed by atoms with Gasteiger partial charge in [-0.2, -0.15) is 0 Å². The standard InChI is InChI=1S/C16H24BrN/c1-11-7-6-8-12(2)16(11)18-13(3)14-9-4-5-10-15(14)17/h4-5,9-13,16,18H,6-8H2,1-3H3/t11?,12?,13-,16?/m0/s1. The molecule has 0 bridgehead atoms. The lowest BCUT2D eigenvalue weighted by atomic mass is 9.78. The van der Waals surface area contributed by atoms with Crippen molar-refractivity contribution in [3.63, 3.8) is 0 Å². The van der Waals surface area contributed by atoms with Crippen LogP contribution in [-0.4, -0.2) is 6.04 Å². The first-order valence-corrected chi connectivity index (χ1v) is 7.89. The fourth-order valence-electron chi connectivity index (χ4n) is 3.22. The lowest BCUT2D eigenvalue weighted by Gasteiger charge is -2.37. The summed E-state index contributed by atoms with van der Waals surface area (Å²) in [6.07, 6.45) is 4.12. The van der Waals surface area contributed by atoms with Gasteiger partial charge in [-0.25, -0.2) is 0 Å². The van der Waals surface area contributed by atoms with E-state index in [9.17, 15) is 0 Å². The molecular weight excluding hydrogens is 286 g/mol. The molecule has 0 saturated heterocycles. The molecule has 100 valence electrons. The Labute approximate surface area is 119 Å². The maximum Gasteiger partial charge on any atom is 0.0305 e. The fourth-order valence-corrected chi connectivity index (χ4v) is 3.84. The van der Waals surface area contributed by atoms with Crippen molar-refractivity contribution in [3.8, 4) is 0 Å². The first kappa shape index (κ1) is 14.1. The molecule has 1 aromatic carbocycles. The molecule has 0 aliphatic heterocycles. The van der Waals surface area contributed by atoms with Gasteiger partial charge in [-0.05, 0) is 43.2 Å². The summed E-state index contributed by atoms with van der Waals surface area (Å²) in [4.78, 5) is 0.